The predicted molar refractivity (Wildman–Crippen MR) is 84.3 cm³/mol. The second-order valence-electron chi connectivity index (χ2n) is 5.63. The van der Waals surface area contributed by atoms with Crippen molar-refractivity contribution in [2.45, 2.75) is 31.8 Å². The van der Waals surface area contributed by atoms with E-state index >= 15 is 0 Å². The van der Waals surface area contributed by atoms with Crippen LogP contribution >= 0.6 is 0 Å². The lowest BCUT2D eigenvalue weighted by atomic mass is 10.0. The molecular weight excluding hydrogens is 260 g/mol. The molecule has 0 aliphatic carbocycles. The zero-order chi connectivity index (χ0) is 14.7. The first-order chi connectivity index (χ1) is 10.3. The molecular formula is C18H22N2O. The topological polar surface area (TPSA) is 25.4 Å². The standard InChI is InChI=1S/C18H22N2O/c1-14(15-7-9-17(21-2)10-8-15)20-12-4-6-18(20)16-5-3-11-19-13-16/h3,5,7-11,13-14,18H,4,6,12H2,1-2H3/t14?,18-/m0/s1. The molecule has 1 aromatic heterocycles. The van der Waals surface area contributed by atoms with Crippen LogP contribution in [0.1, 0.15) is 43.0 Å². The Kier molecular flexibility index (Phi) is 4.20. The Hall–Kier alpha value is -1.87. The number of hydrogen-bond acceptors (Lipinski definition) is 3. The minimum atomic E-state index is 0.406. The van der Waals surface area contributed by atoms with E-state index in [1.807, 2.05) is 30.6 Å². The monoisotopic (exact) mass is 282 g/mol. The molecule has 1 aliphatic heterocycles. The molecule has 3 rings (SSSR count). The Labute approximate surface area is 126 Å². The SMILES string of the molecule is COc1ccc(C(C)N2CCC[C@H]2c2cccnc2)cc1. The first kappa shape index (κ1) is 14.1. The molecule has 0 N–H and O–H groups in total. The highest BCUT2D eigenvalue weighted by Gasteiger charge is 2.30. The van der Waals surface area contributed by atoms with Gasteiger partial charge in [-0.05, 0) is 55.6 Å². The average molecular weight is 282 g/mol. The fourth-order valence-corrected chi connectivity index (χ4v) is 3.26. The zero-order valence-corrected chi connectivity index (χ0v) is 12.7. The smallest absolute Gasteiger partial charge is 0.118 e. The summed E-state index contributed by atoms with van der Waals surface area (Å²) in [7, 11) is 1.71. The van der Waals surface area contributed by atoms with Crippen LogP contribution in [0.2, 0.25) is 0 Å². The van der Waals surface area contributed by atoms with Gasteiger partial charge < -0.3 is 4.74 Å². The van der Waals surface area contributed by atoms with Crippen molar-refractivity contribution in [2.75, 3.05) is 13.7 Å². The number of hydrogen-bond donors (Lipinski definition) is 0. The molecule has 3 heteroatoms. The zero-order valence-electron chi connectivity index (χ0n) is 12.7. The van der Waals surface area contributed by atoms with E-state index in [2.05, 4.69) is 35.0 Å². The summed E-state index contributed by atoms with van der Waals surface area (Å²) in [6.45, 7) is 3.43. The molecule has 1 fully saturated rings. The molecule has 1 saturated heterocycles. The minimum absolute atomic E-state index is 0.406. The highest BCUT2D eigenvalue weighted by Crippen LogP contribution is 2.38. The molecule has 0 bridgehead atoms. The molecule has 2 atom stereocenters. The molecule has 3 nitrogen and oxygen atoms in total. The summed E-state index contributed by atoms with van der Waals surface area (Å²) in [5.41, 5.74) is 2.67. The maximum absolute atomic E-state index is 5.24. The molecule has 1 aliphatic rings. The number of methoxy groups -OCH3 is 1. The predicted octanol–water partition coefficient (Wildman–Crippen LogP) is 3.99. The van der Waals surface area contributed by atoms with E-state index in [9.17, 15) is 0 Å². The Morgan fingerprint density at radius 3 is 2.71 bits per heavy atom. The van der Waals surface area contributed by atoms with Gasteiger partial charge in [-0.3, -0.25) is 9.88 Å². The third kappa shape index (κ3) is 2.93. The summed E-state index contributed by atoms with van der Waals surface area (Å²) < 4.78 is 5.24. The maximum atomic E-state index is 5.24. The first-order valence-corrected chi connectivity index (χ1v) is 7.59. The molecule has 0 radical (unpaired) electrons. The van der Waals surface area contributed by atoms with Crippen molar-refractivity contribution in [3.05, 3.63) is 59.9 Å². The summed E-state index contributed by atoms with van der Waals surface area (Å²) >= 11 is 0. The molecule has 0 spiro atoms. The second kappa shape index (κ2) is 6.27. The fourth-order valence-electron chi connectivity index (χ4n) is 3.26. The second-order valence-corrected chi connectivity index (χ2v) is 5.63. The largest absolute Gasteiger partial charge is 0.497 e. The third-order valence-corrected chi connectivity index (χ3v) is 4.46. The molecule has 1 aromatic carbocycles. The van der Waals surface area contributed by atoms with Gasteiger partial charge in [-0.1, -0.05) is 18.2 Å². The lowest BCUT2D eigenvalue weighted by Gasteiger charge is -2.31. The Balaban J connectivity index is 1.80. The average Bonchev–Trinajstić information content (AvgIpc) is 3.04. The first-order valence-electron chi connectivity index (χ1n) is 7.59. The van der Waals surface area contributed by atoms with Gasteiger partial charge in [0.1, 0.15) is 5.75 Å². The highest BCUT2D eigenvalue weighted by atomic mass is 16.5. The molecule has 1 unspecified atom stereocenters. The lowest BCUT2D eigenvalue weighted by molar-refractivity contribution is 0.194. The van der Waals surface area contributed by atoms with E-state index in [1.54, 1.807) is 7.11 Å². The normalized spacial score (nSPS) is 20.4. The number of benzene rings is 1. The summed E-state index contributed by atoms with van der Waals surface area (Å²) in [6.07, 6.45) is 6.31. The summed E-state index contributed by atoms with van der Waals surface area (Å²) in [5.74, 6) is 0.913. The Morgan fingerprint density at radius 1 is 1.24 bits per heavy atom. The molecule has 0 amide bonds. The van der Waals surface area contributed by atoms with Crippen molar-refractivity contribution < 1.29 is 4.74 Å². The summed E-state index contributed by atoms with van der Waals surface area (Å²) in [4.78, 5) is 6.86. The molecule has 110 valence electrons. The number of likely N-dealkylation sites (tertiary alicyclic amines) is 1. The van der Waals surface area contributed by atoms with Crippen LogP contribution in [0, 0.1) is 0 Å². The summed E-state index contributed by atoms with van der Waals surface area (Å²) in [5, 5.41) is 0. The summed E-state index contributed by atoms with van der Waals surface area (Å²) in [6, 6.07) is 13.5. The van der Waals surface area contributed by atoms with Crippen LogP contribution in [0.3, 0.4) is 0 Å². The van der Waals surface area contributed by atoms with Gasteiger partial charge in [-0.15, -0.1) is 0 Å². The fraction of sp³-hybridized carbons (Fsp3) is 0.389. The van der Waals surface area contributed by atoms with Crippen molar-refractivity contribution in [3.8, 4) is 5.75 Å². The van der Waals surface area contributed by atoms with Crippen LogP contribution in [0.5, 0.6) is 5.75 Å². The van der Waals surface area contributed by atoms with Crippen molar-refractivity contribution in [1.82, 2.24) is 9.88 Å². The van der Waals surface area contributed by atoms with Gasteiger partial charge >= 0.3 is 0 Å². The highest BCUT2D eigenvalue weighted by molar-refractivity contribution is 5.29. The molecule has 0 saturated carbocycles. The number of ether oxygens (including phenoxy) is 1. The number of aromatic nitrogens is 1. The van der Waals surface area contributed by atoms with Crippen molar-refractivity contribution in [1.29, 1.82) is 0 Å². The Morgan fingerprint density at radius 2 is 2.05 bits per heavy atom. The van der Waals surface area contributed by atoms with E-state index in [0.717, 1.165) is 12.3 Å². The van der Waals surface area contributed by atoms with E-state index in [4.69, 9.17) is 4.74 Å². The number of pyridine rings is 1. The van der Waals surface area contributed by atoms with Gasteiger partial charge in [0.2, 0.25) is 0 Å². The Bertz CT molecular complexity index is 568. The van der Waals surface area contributed by atoms with Crippen LogP contribution in [0.15, 0.2) is 48.8 Å². The van der Waals surface area contributed by atoms with Crippen molar-refractivity contribution in [3.63, 3.8) is 0 Å². The van der Waals surface area contributed by atoms with Crippen molar-refractivity contribution in [2.24, 2.45) is 0 Å². The van der Waals surface area contributed by atoms with Crippen LogP contribution in [0.25, 0.3) is 0 Å². The van der Waals surface area contributed by atoms with E-state index in [1.165, 1.54) is 24.0 Å². The van der Waals surface area contributed by atoms with Crippen LogP contribution < -0.4 is 4.74 Å². The van der Waals surface area contributed by atoms with E-state index in [0.29, 0.717) is 12.1 Å². The molecule has 21 heavy (non-hydrogen) atoms. The van der Waals surface area contributed by atoms with Crippen LogP contribution in [-0.4, -0.2) is 23.5 Å². The van der Waals surface area contributed by atoms with Crippen LogP contribution in [0.4, 0.5) is 0 Å². The van der Waals surface area contributed by atoms with Gasteiger partial charge in [0.05, 0.1) is 7.11 Å². The number of nitrogens with zero attached hydrogens (tertiary/aromatic N) is 2. The van der Waals surface area contributed by atoms with Gasteiger partial charge in [0, 0.05) is 24.5 Å². The van der Waals surface area contributed by atoms with Crippen LogP contribution in [-0.2, 0) is 0 Å². The van der Waals surface area contributed by atoms with Gasteiger partial charge in [-0.25, -0.2) is 0 Å². The van der Waals surface area contributed by atoms with E-state index in [-0.39, 0.29) is 0 Å². The maximum Gasteiger partial charge on any atom is 0.118 e. The van der Waals surface area contributed by atoms with Crippen molar-refractivity contribution >= 4 is 0 Å². The minimum Gasteiger partial charge on any atom is -0.497 e. The van der Waals surface area contributed by atoms with E-state index < -0.39 is 0 Å². The van der Waals surface area contributed by atoms with Gasteiger partial charge in [0.25, 0.3) is 0 Å². The lowest BCUT2D eigenvalue weighted by Crippen LogP contribution is -2.26. The molecule has 2 heterocycles. The quantitative estimate of drug-likeness (QED) is 0.848. The molecule has 2 aromatic rings. The third-order valence-electron chi connectivity index (χ3n) is 4.46. The van der Waals surface area contributed by atoms with Gasteiger partial charge in [0.15, 0.2) is 0 Å². The number of rotatable bonds is 4. The van der Waals surface area contributed by atoms with Gasteiger partial charge in [-0.2, -0.15) is 0 Å².